The molecule has 3 atom stereocenters. The standard InChI is InChI=1S/C25H25F2N5O4/c1-31-20(30-36-25(31)35)12-21(33)32-13-16(26)11-19(32)24(34)29-22(15-5-3-2-4-6-15)18-10-9-17(14-7-8-14)23(27)28-18/h2-6,9-10,14,16,19,22H,7-8,11-13H2,1H3,(H,29,34)/t16-,19+,22+/m1/s1. The number of nitrogens with zero attached hydrogens (tertiary/aromatic N) is 4. The number of hydrogen-bond acceptors (Lipinski definition) is 6. The third kappa shape index (κ3) is 4.77. The quantitative estimate of drug-likeness (QED) is 0.501. The molecule has 2 fully saturated rings. The lowest BCUT2D eigenvalue weighted by Gasteiger charge is -2.26. The summed E-state index contributed by atoms with van der Waals surface area (Å²) in [6, 6.07) is 10.4. The van der Waals surface area contributed by atoms with Crippen molar-refractivity contribution in [1.29, 1.82) is 0 Å². The lowest BCUT2D eigenvalue weighted by atomic mass is 10.0. The minimum atomic E-state index is -1.39. The number of amides is 2. The van der Waals surface area contributed by atoms with Crippen molar-refractivity contribution < 1.29 is 22.9 Å². The van der Waals surface area contributed by atoms with Crippen molar-refractivity contribution >= 4 is 11.8 Å². The molecule has 1 aliphatic heterocycles. The zero-order valence-corrected chi connectivity index (χ0v) is 19.6. The van der Waals surface area contributed by atoms with Crippen LogP contribution in [0.2, 0.25) is 0 Å². The van der Waals surface area contributed by atoms with Gasteiger partial charge in [0.25, 0.3) is 0 Å². The zero-order valence-electron chi connectivity index (χ0n) is 19.6. The molecule has 0 spiro atoms. The third-order valence-electron chi connectivity index (χ3n) is 6.70. The summed E-state index contributed by atoms with van der Waals surface area (Å²) < 4.78 is 34.8. The largest absolute Gasteiger partial charge is 0.441 e. The van der Waals surface area contributed by atoms with Crippen LogP contribution in [0.25, 0.3) is 0 Å². The first kappa shape index (κ1) is 23.8. The van der Waals surface area contributed by atoms with Crippen molar-refractivity contribution in [3.63, 3.8) is 0 Å². The second-order valence-corrected chi connectivity index (χ2v) is 9.24. The fourth-order valence-electron chi connectivity index (χ4n) is 4.55. The van der Waals surface area contributed by atoms with E-state index in [1.54, 1.807) is 36.4 Å². The monoisotopic (exact) mass is 497 g/mol. The third-order valence-corrected chi connectivity index (χ3v) is 6.70. The number of hydrogen-bond donors (Lipinski definition) is 1. The average Bonchev–Trinajstić information content (AvgIpc) is 3.57. The van der Waals surface area contributed by atoms with Crippen molar-refractivity contribution in [2.45, 2.75) is 49.9 Å². The molecule has 188 valence electrons. The van der Waals surface area contributed by atoms with Gasteiger partial charge in [0.15, 0.2) is 5.82 Å². The Labute approximate surface area is 205 Å². The van der Waals surface area contributed by atoms with Crippen molar-refractivity contribution in [1.82, 2.24) is 24.9 Å². The topological polar surface area (TPSA) is 110 Å². The molecule has 2 amide bonds. The van der Waals surface area contributed by atoms with Crippen molar-refractivity contribution in [3.05, 3.63) is 81.6 Å². The molecule has 36 heavy (non-hydrogen) atoms. The molecule has 0 radical (unpaired) electrons. The van der Waals surface area contributed by atoms with Gasteiger partial charge in [-0.2, -0.15) is 4.39 Å². The maximum atomic E-state index is 14.8. The number of aromatic nitrogens is 3. The predicted octanol–water partition coefficient (Wildman–Crippen LogP) is 2.17. The Hall–Kier alpha value is -3.89. The van der Waals surface area contributed by atoms with Gasteiger partial charge in [-0.15, -0.1) is 0 Å². The van der Waals surface area contributed by atoms with Gasteiger partial charge in [0.05, 0.1) is 24.7 Å². The van der Waals surface area contributed by atoms with Crippen molar-refractivity contribution in [2.24, 2.45) is 7.05 Å². The Morgan fingerprint density at radius 2 is 1.94 bits per heavy atom. The average molecular weight is 498 g/mol. The van der Waals surface area contributed by atoms with E-state index in [9.17, 15) is 23.2 Å². The summed E-state index contributed by atoms with van der Waals surface area (Å²) in [5.74, 6) is -2.18. The molecule has 3 aromatic rings. The Morgan fingerprint density at radius 1 is 1.19 bits per heavy atom. The van der Waals surface area contributed by atoms with Crippen LogP contribution >= 0.6 is 0 Å². The van der Waals surface area contributed by atoms with Gasteiger partial charge < -0.3 is 10.2 Å². The lowest BCUT2D eigenvalue weighted by molar-refractivity contribution is -0.138. The number of nitrogens with one attached hydrogen (secondary N) is 1. The van der Waals surface area contributed by atoms with Crippen LogP contribution in [0.1, 0.15) is 53.9 Å². The summed E-state index contributed by atoms with van der Waals surface area (Å²) in [5.41, 5.74) is 1.54. The van der Waals surface area contributed by atoms with E-state index in [1.165, 1.54) is 7.05 Å². The number of rotatable bonds is 7. The van der Waals surface area contributed by atoms with E-state index in [-0.39, 0.29) is 31.1 Å². The van der Waals surface area contributed by atoms with E-state index < -0.39 is 41.8 Å². The SMILES string of the molecule is Cn1c(CC(=O)N2C[C@H](F)C[C@H]2C(=O)N[C@@H](c2ccccc2)c2ccc(C3CC3)c(F)n2)noc1=O. The molecule has 2 aromatic heterocycles. The molecule has 0 bridgehead atoms. The van der Waals surface area contributed by atoms with Crippen LogP contribution in [0.3, 0.4) is 0 Å². The van der Waals surface area contributed by atoms with Crippen molar-refractivity contribution in [2.75, 3.05) is 6.54 Å². The normalized spacial score (nSPS) is 20.4. The maximum Gasteiger partial charge on any atom is 0.441 e. The van der Waals surface area contributed by atoms with Gasteiger partial charge in [0.1, 0.15) is 12.2 Å². The smallest absolute Gasteiger partial charge is 0.342 e. The van der Waals surface area contributed by atoms with Gasteiger partial charge in [-0.05, 0) is 30.4 Å². The van der Waals surface area contributed by atoms with E-state index >= 15 is 0 Å². The highest BCUT2D eigenvalue weighted by atomic mass is 19.1. The molecular weight excluding hydrogens is 472 g/mol. The molecule has 1 saturated carbocycles. The van der Waals surface area contributed by atoms with Gasteiger partial charge >= 0.3 is 5.76 Å². The van der Waals surface area contributed by atoms with Crippen LogP contribution < -0.4 is 11.1 Å². The van der Waals surface area contributed by atoms with E-state index in [0.717, 1.165) is 22.3 Å². The second-order valence-electron chi connectivity index (χ2n) is 9.24. The number of pyridine rings is 1. The molecule has 0 unspecified atom stereocenters. The van der Waals surface area contributed by atoms with Gasteiger partial charge in [0, 0.05) is 19.0 Å². The van der Waals surface area contributed by atoms with Gasteiger partial charge in [-0.3, -0.25) is 18.7 Å². The molecule has 3 heterocycles. The molecule has 2 aliphatic rings. The van der Waals surface area contributed by atoms with Crippen LogP contribution in [0.5, 0.6) is 0 Å². The molecule has 1 aromatic carbocycles. The molecule has 5 rings (SSSR count). The first-order chi connectivity index (χ1) is 17.3. The van der Waals surface area contributed by atoms with E-state index in [4.69, 9.17) is 0 Å². The van der Waals surface area contributed by atoms with Crippen LogP contribution in [-0.4, -0.2) is 50.2 Å². The maximum absolute atomic E-state index is 14.8. The number of alkyl halides is 1. The van der Waals surface area contributed by atoms with Gasteiger partial charge in [0.2, 0.25) is 17.8 Å². The number of halogens is 2. The van der Waals surface area contributed by atoms with Crippen molar-refractivity contribution in [3.8, 4) is 0 Å². The Morgan fingerprint density at radius 3 is 2.58 bits per heavy atom. The summed E-state index contributed by atoms with van der Waals surface area (Å²) >= 11 is 0. The fraction of sp³-hybridized carbons (Fsp3) is 0.400. The molecule has 1 N–H and O–H groups in total. The number of carbonyl (C=O) groups is 2. The Balaban J connectivity index is 1.38. The summed E-state index contributed by atoms with van der Waals surface area (Å²) in [6.45, 7) is -0.262. The predicted molar refractivity (Wildman–Crippen MR) is 123 cm³/mol. The van der Waals surface area contributed by atoms with Crippen LogP contribution in [0.4, 0.5) is 8.78 Å². The lowest BCUT2D eigenvalue weighted by Crippen LogP contribution is -2.47. The molecular formula is C25H25F2N5O4. The first-order valence-electron chi connectivity index (χ1n) is 11.8. The summed E-state index contributed by atoms with van der Waals surface area (Å²) in [7, 11) is 1.40. The van der Waals surface area contributed by atoms with Gasteiger partial charge in [-0.1, -0.05) is 41.6 Å². The summed E-state index contributed by atoms with van der Waals surface area (Å²) in [5, 5.41) is 6.42. The molecule has 11 heteroatoms. The van der Waals surface area contributed by atoms with Crippen LogP contribution in [-0.2, 0) is 23.1 Å². The van der Waals surface area contributed by atoms with E-state index in [2.05, 4.69) is 20.0 Å². The van der Waals surface area contributed by atoms with Gasteiger partial charge in [-0.25, -0.2) is 14.2 Å². The van der Waals surface area contributed by atoms with E-state index in [1.807, 2.05) is 6.07 Å². The Kier molecular flexibility index (Phi) is 6.38. The summed E-state index contributed by atoms with van der Waals surface area (Å²) in [6.07, 6.45) is -0.0469. The summed E-state index contributed by atoms with van der Waals surface area (Å²) in [4.78, 5) is 43.1. The highest BCUT2D eigenvalue weighted by Crippen LogP contribution is 2.41. The number of carbonyl (C=O) groups excluding carboxylic acids is 2. The van der Waals surface area contributed by atoms with E-state index in [0.29, 0.717) is 16.8 Å². The molecule has 9 nitrogen and oxygen atoms in total. The molecule has 1 aliphatic carbocycles. The van der Waals surface area contributed by atoms with Crippen LogP contribution in [0, 0.1) is 5.95 Å². The zero-order chi connectivity index (χ0) is 25.4. The second kappa shape index (κ2) is 9.63. The first-order valence-corrected chi connectivity index (χ1v) is 11.8. The Bertz CT molecular complexity index is 1340. The minimum Gasteiger partial charge on any atom is -0.342 e. The minimum absolute atomic E-state index is 0.0732. The highest BCUT2D eigenvalue weighted by molar-refractivity contribution is 5.89. The number of benzene rings is 1. The molecule has 1 saturated heterocycles. The number of likely N-dealkylation sites (tertiary alicyclic amines) is 1. The fourth-order valence-corrected chi connectivity index (χ4v) is 4.55. The van der Waals surface area contributed by atoms with Crippen LogP contribution in [0.15, 0.2) is 51.8 Å². The highest BCUT2D eigenvalue weighted by Gasteiger charge is 2.41.